The quantitative estimate of drug-likeness (QED) is 0.737. The van der Waals surface area contributed by atoms with Gasteiger partial charge in [0, 0.05) is 4.47 Å². The molecule has 0 bridgehead atoms. The van der Waals surface area contributed by atoms with Gasteiger partial charge in [-0.2, -0.15) is 0 Å². The molecule has 0 heterocycles. The van der Waals surface area contributed by atoms with E-state index in [-0.39, 0.29) is 0 Å². The van der Waals surface area contributed by atoms with E-state index in [2.05, 4.69) is 47.1 Å². The molecule has 0 radical (unpaired) electrons. The van der Waals surface area contributed by atoms with Crippen molar-refractivity contribution in [1.29, 1.82) is 0 Å². The normalized spacial score (nSPS) is 14.0. The molecule has 0 N–H and O–H groups in total. The summed E-state index contributed by atoms with van der Waals surface area (Å²) in [6, 6.07) is 6.63. The average molecular weight is 251 g/mol. The lowest BCUT2D eigenvalue weighted by Crippen LogP contribution is -1.85. The Morgan fingerprint density at radius 1 is 1.36 bits per heavy atom. The van der Waals surface area contributed by atoms with Crippen LogP contribution in [0.5, 0.6) is 0 Å². The summed E-state index contributed by atoms with van der Waals surface area (Å²) in [5, 5.41) is 0. The Bertz CT molecular complexity index is 363. The summed E-state index contributed by atoms with van der Waals surface area (Å²) in [6.45, 7) is 2.25. The van der Waals surface area contributed by atoms with Gasteiger partial charge in [-0.3, -0.25) is 0 Å². The van der Waals surface area contributed by atoms with Gasteiger partial charge in [-0.05, 0) is 48.1 Å². The van der Waals surface area contributed by atoms with Crippen molar-refractivity contribution >= 4 is 21.5 Å². The Balaban J connectivity index is 2.20. The second-order valence-corrected chi connectivity index (χ2v) is 4.75. The number of rotatable bonds is 3. The molecule has 0 spiro atoms. The highest BCUT2D eigenvalue weighted by molar-refractivity contribution is 9.10. The SMILES string of the molecule is CCCCC1=CCc2cc(Br)ccc21. The molecular formula is C13H15Br. The van der Waals surface area contributed by atoms with Crippen LogP contribution in [0.4, 0.5) is 0 Å². The van der Waals surface area contributed by atoms with Crippen molar-refractivity contribution in [2.45, 2.75) is 32.6 Å². The van der Waals surface area contributed by atoms with E-state index >= 15 is 0 Å². The second-order valence-electron chi connectivity index (χ2n) is 3.84. The molecule has 1 aliphatic carbocycles. The van der Waals surface area contributed by atoms with Crippen LogP contribution >= 0.6 is 15.9 Å². The molecule has 0 aliphatic heterocycles. The van der Waals surface area contributed by atoms with E-state index in [9.17, 15) is 0 Å². The topological polar surface area (TPSA) is 0 Å². The van der Waals surface area contributed by atoms with E-state index in [0.717, 1.165) is 6.42 Å². The fourth-order valence-electron chi connectivity index (χ4n) is 1.99. The van der Waals surface area contributed by atoms with Crippen LogP contribution in [0.3, 0.4) is 0 Å². The predicted octanol–water partition coefficient (Wildman–Crippen LogP) is 4.58. The second kappa shape index (κ2) is 4.31. The number of allylic oxidation sites excluding steroid dienone is 2. The summed E-state index contributed by atoms with van der Waals surface area (Å²) in [5.74, 6) is 0. The van der Waals surface area contributed by atoms with Crippen molar-refractivity contribution in [3.63, 3.8) is 0 Å². The van der Waals surface area contributed by atoms with Crippen LogP contribution in [-0.2, 0) is 6.42 Å². The summed E-state index contributed by atoms with van der Waals surface area (Å²) in [7, 11) is 0. The third-order valence-electron chi connectivity index (χ3n) is 2.78. The largest absolute Gasteiger partial charge is 0.0763 e. The van der Waals surface area contributed by atoms with Crippen molar-refractivity contribution in [1.82, 2.24) is 0 Å². The Hall–Kier alpha value is -0.560. The molecule has 0 amide bonds. The number of unbranched alkanes of at least 4 members (excludes halogenated alkanes) is 1. The molecule has 1 heteroatoms. The van der Waals surface area contributed by atoms with Crippen LogP contribution in [-0.4, -0.2) is 0 Å². The molecule has 0 atom stereocenters. The molecule has 0 saturated carbocycles. The van der Waals surface area contributed by atoms with E-state index in [1.165, 1.54) is 34.9 Å². The maximum absolute atomic E-state index is 3.51. The zero-order chi connectivity index (χ0) is 9.97. The highest BCUT2D eigenvalue weighted by Gasteiger charge is 2.12. The van der Waals surface area contributed by atoms with Gasteiger partial charge in [-0.1, -0.05) is 41.4 Å². The molecule has 0 nitrogen and oxygen atoms in total. The number of benzene rings is 1. The Labute approximate surface area is 94.2 Å². The Kier molecular flexibility index (Phi) is 3.07. The summed E-state index contributed by atoms with van der Waals surface area (Å²) < 4.78 is 1.20. The lowest BCUT2D eigenvalue weighted by molar-refractivity contribution is 0.825. The molecule has 1 aromatic carbocycles. The molecule has 74 valence electrons. The summed E-state index contributed by atoms with van der Waals surface area (Å²) in [6.07, 6.45) is 7.33. The zero-order valence-electron chi connectivity index (χ0n) is 8.52. The smallest absolute Gasteiger partial charge is 0.0178 e. The summed E-state index contributed by atoms with van der Waals surface area (Å²) in [4.78, 5) is 0. The van der Waals surface area contributed by atoms with Gasteiger partial charge in [-0.25, -0.2) is 0 Å². The van der Waals surface area contributed by atoms with Gasteiger partial charge in [0.1, 0.15) is 0 Å². The molecule has 2 rings (SSSR count). The molecule has 0 fully saturated rings. The number of hydrogen-bond acceptors (Lipinski definition) is 0. The van der Waals surface area contributed by atoms with Crippen LogP contribution in [0.1, 0.15) is 37.3 Å². The van der Waals surface area contributed by atoms with E-state index in [1.807, 2.05) is 0 Å². The van der Waals surface area contributed by atoms with Crippen LogP contribution in [0.2, 0.25) is 0 Å². The molecule has 0 saturated heterocycles. The maximum atomic E-state index is 3.51. The monoisotopic (exact) mass is 250 g/mol. The van der Waals surface area contributed by atoms with Crippen LogP contribution in [0.25, 0.3) is 5.57 Å². The van der Waals surface area contributed by atoms with Crippen LogP contribution < -0.4 is 0 Å². The van der Waals surface area contributed by atoms with Crippen molar-refractivity contribution < 1.29 is 0 Å². The number of hydrogen-bond donors (Lipinski definition) is 0. The van der Waals surface area contributed by atoms with Gasteiger partial charge in [0.15, 0.2) is 0 Å². The highest BCUT2D eigenvalue weighted by Crippen LogP contribution is 2.32. The molecule has 0 aromatic heterocycles. The standard InChI is InChI=1S/C13H15Br/c1-2-3-4-10-5-6-11-9-12(14)7-8-13(10)11/h5,7-9H,2-4,6H2,1H3. The van der Waals surface area contributed by atoms with E-state index in [0.29, 0.717) is 0 Å². The minimum Gasteiger partial charge on any atom is -0.0763 e. The number of halogens is 1. The Morgan fingerprint density at radius 2 is 2.21 bits per heavy atom. The lowest BCUT2D eigenvalue weighted by atomic mass is 10.0. The third-order valence-corrected chi connectivity index (χ3v) is 3.27. The Morgan fingerprint density at radius 3 is 3.00 bits per heavy atom. The predicted molar refractivity (Wildman–Crippen MR) is 65.3 cm³/mol. The van der Waals surface area contributed by atoms with Gasteiger partial charge in [0.25, 0.3) is 0 Å². The zero-order valence-corrected chi connectivity index (χ0v) is 10.1. The molecule has 1 aliphatic rings. The fraction of sp³-hybridized carbons (Fsp3) is 0.385. The van der Waals surface area contributed by atoms with E-state index < -0.39 is 0 Å². The van der Waals surface area contributed by atoms with Crippen molar-refractivity contribution in [2.75, 3.05) is 0 Å². The van der Waals surface area contributed by atoms with Crippen molar-refractivity contribution in [3.05, 3.63) is 39.9 Å². The molecule has 14 heavy (non-hydrogen) atoms. The number of fused-ring (bicyclic) bond motifs is 1. The fourth-order valence-corrected chi connectivity index (χ4v) is 2.40. The highest BCUT2D eigenvalue weighted by atomic mass is 79.9. The first-order chi connectivity index (χ1) is 6.81. The van der Waals surface area contributed by atoms with Crippen LogP contribution in [0, 0.1) is 0 Å². The first-order valence-corrected chi connectivity index (χ1v) is 6.08. The average Bonchev–Trinajstić information content (AvgIpc) is 2.57. The minimum atomic E-state index is 1.12. The van der Waals surface area contributed by atoms with Gasteiger partial charge in [-0.15, -0.1) is 0 Å². The van der Waals surface area contributed by atoms with Crippen molar-refractivity contribution in [3.8, 4) is 0 Å². The van der Waals surface area contributed by atoms with Gasteiger partial charge >= 0.3 is 0 Å². The summed E-state index contributed by atoms with van der Waals surface area (Å²) in [5.41, 5.74) is 4.50. The van der Waals surface area contributed by atoms with Gasteiger partial charge in [0.2, 0.25) is 0 Å². The lowest BCUT2D eigenvalue weighted by Gasteiger charge is -2.05. The molecule has 0 unspecified atom stereocenters. The summed E-state index contributed by atoms with van der Waals surface area (Å²) >= 11 is 3.51. The van der Waals surface area contributed by atoms with Crippen molar-refractivity contribution in [2.24, 2.45) is 0 Å². The minimum absolute atomic E-state index is 1.12. The van der Waals surface area contributed by atoms with Gasteiger partial charge in [0.05, 0.1) is 0 Å². The van der Waals surface area contributed by atoms with Crippen LogP contribution in [0.15, 0.2) is 28.7 Å². The first-order valence-electron chi connectivity index (χ1n) is 5.29. The molecule has 1 aromatic rings. The maximum Gasteiger partial charge on any atom is 0.0178 e. The first kappa shape index (κ1) is 9.97. The van der Waals surface area contributed by atoms with E-state index in [1.54, 1.807) is 5.57 Å². The van der Waals surface area contributed by atoms with E-state index in [4.69, 9.17) is 0 Å². The van der Waals surface area contributed by atoms with Gasteiger partial charge < -0.3 is 0 Å². The third kappa shape index (κ3) is 1.93. The molecular weight excluding hydrogens is 236 g/mol.